The highest BCUT2D eigenvalue weighted by molar-refractivity contribution is 7.92. The fourth-order valence-electron chi connectivity index (χ4n) is 11.9. The molecule has 2 aliphatic carbocycles. The van der Waals surface area contributed by atoms with Gasteiger partial charge in [-0.25, -0.2) is 36.4 Å². The Morgan fingerprint density at radius 1 is 0.529 bits per heavy atom. The molecule has 292 valence electrons. The molecule has 0 aromatic heterocycles. The Hall–Kier alpha value is -0.420. The molecule has 10 aliphatic rings. The van der Waals surface area contributed by atoms with Crippen molar-refractivity contribution in [1.29, 1.82) is 0 Å². The summed E-state index contributed by atoms with van der Waals surface area (Å²) in [7, 11) is -7.02. The van der Waals surface area contributed by atoms with Crippen LogP contribution >= 0.6 is 0 Å². The van der Waals surface area contributed by atoms with Gasteiger partial charge in [-0.2, -0.15) is 0 Å². The topological polar surface area (TPSA) is 142 Å². The summed E-state index contributed by atoms with van der Waals surface area (Å²) in [6, 6.07) is 0. The second-order valence-corrected chi connectivity index (χ2v) is 22.7. The molecule has 8 heterocycles. The summed E-state index contributed by atoms with van der Waals surface area (Å²) in [6.07, 6.45) is 6.27. The van der Waals surface area contributed by atoms with Gasteiger partial charge in [-0.3, -0.25) is 0 Å². The quantitative estimate of drug-likeness (QED) is 0.260. The largest absolute Gasteiger partial charge is 0.346 e. The smallest absolute Gasteiger partial charge is 0.201 e. The summed E-state index contributed by atoms with van der Waals surface area (Å²) in [4.78, 5) is 24.2. The van der Waals surface area contributed by atoms with Crippen LogP contribution in [0.25, 0.3) is 0 Å². The Bertz CT molecular complexity index is 1430. The Balaban J connectivity index is 0.848. The molecule has 0 aromatic rings. The molecule has 0 radical (unpaired) electrons. The molecule has 0 unspecified atom stereocenters. The van der Waals surface area contributed by atoms with Crippen LogP contribution in [0, 0.1) is 47.3 Å². The normalized spacial score (nSPS) is 52.0. The Kier molecular flexibility index (Phi) is 9.62. The highest BCUT2D eigenvalue weighted by Gasteiger charge is 2.70. The van der Waals surface area contributed by atoms with E-state index >= 15 is 0 Å². The molecule has 12 nitrogen and oxygen atoms in total. The highest BCUT2D eigenvalue weighted by atomic mass is 32.2. The first-order valence-electron chi connectivity index (χ1n) is 19.8. The molecule has 8 aliphatic heterocycles. The first kappa shape index (κ1) is 37.5. The Morgan fingerprint density at radius 3 is 1.35 bits per heavy atom. The zero-order valence-electron chi connectivity index (χ0n) is 31.3. The van der Waals surface area contributed by atoms with E-state index in [4.69, 9.17) is 38.5 Å². The van der Waals surface area contributed by atoms with E-state index < -0.39 is 55.0 Å². The lowest BCUT2D eigenvalue weighted by atomic mass is 9.57. The van der Waals surface area contributed by atoms with Gasteiger partial charge in [-0.05, 0) is 107 Å². The van der Waals surface area contributed by atoms with Gasteiger partial charge in [0.2, 0.25) is 11.6 Å². The molecule has 0 amide bonds. The van der Waals surface area contributed by atoms with Crippen LogP contribution < -0.4 is 0 Å². The number of rotatable bonds is 10. The zero-order chi connectivity index (χ0) is 36.2. The van der Waals surface area contributed by atoms with Crippen molar-refractivity contribution >= 4 is 19.7 Å². The molecule has 0 N–H and O–H groups in total. The monoisotopic (exact) mass is 760 g/mol. The van der Waals surface area contributed by atoms with E-state index in [-0.39, 0.29) is 77.1 Å². The molecular weight excluding hydrogens is 701 g/mol. The maximum Gasteiger partial charge on any atom is 0.201 e. The minimum atomic E-state index is -3.51. The third kappa shape index (κ3) is 6.29. The van der Waals surface area contributed by atoms with Crippen molar-refractivity contribution in [1.82, 2.24) is 0 Å². The maximum absolute atomic E-state index is 13.3. The summed E-state index contributed by atoms with van der Waals surface area (Å²) in [5.41, 5.74) is -1.36. The molecule has 0 aromatic carbocycles. The van der Waals surface area contributed by atoms with E-state index in [2.05, 4.69) is 27.7 Å². The molecule has 10 fully saturated rings. The number of sulfone groups is 2. The lowest BCUT2D eigenvalue weighted by Crippen LogP contribution is -2.70. The van der Waals surface area contributed by atoms with Gasteiger partial charge in [0.15, 0.2) is 23.8 Å². The summed E-state index contributed by atoms with van der Waals surface area (Å²) in [5, 5.41) is 0. The number of fused-ring (bicyclic) bond motifs is 4. The van der Waals surface area contributed by atoms with Gasteiger partial charge in [-0.1, -0.05) is 27.7 Å². The van der Waals surface area contributed by atoms with Crippen molar-refractivity contribution in [3.8, 4) is 0 Å². The SMILES string of the molecule is C[C@H]1[C@H](CCS(=O)(=O)CCCS(=O)(=O)CC[C@H]2O[C@@H]3O[C@@]4(C)CC[C@H]5[C@H](C)CC[C@@H]([C@H]2C)[C@@]35OO4)O[C@@H]2O[C@@]3(C)CC[C@H]4[C@H](C)CC[C@@H]1[C@@]24OO3. The van der Waals surface area contributed by atoms with Gasteiger partial charge < -0.3 is 18.9 Å². The van der Waals surface area contributed by atoms with Gasteiger partial charge in [0.25, 0.3) is 0 Å². The Morgan fingerprint density at radius 2 is 0.941 bits per heavy atom. The molecule has 2 saturated carbocycles. The van der Waals surface area contributed by atoms with Crippen LogP contribution in [0.4, 0.5) is 0 Å². The van der Waals surface area contributed by atoms with E-state index in [1.807, 2.05) is 13.8 Å². The fraction of sp³-hybridized carbons (Fsp3) is 1.00. The van der Waals surface area contributed by atoms with Gasteiger partial charge in [0.1, 0.15) is 19.7 Å². The van der Waals surface area contributed by atoms with Crippen LogP contribution in [0.2, 0.25) is 0 Å². The lowest BCUT2D eigenvalue weighted by molar-refractivity contribution is -0.571. The van der Waals surface area contributed by atoms with Crippen LogP contribution in [0.3, 0.4) is 0 Å². The van der Waals surface area contributed by atoms with Crippen LogP contribution in [0.1, 0.15) is 112 Å². The van der Waals surface area contributed by atoms with Gasteiger partial charge in [0, 0.05) is 24.7 Å². The van der Waals surface area contributed by atoms with Gasteiger partial charge in [-0.15, -0.1) is 0 Å². The number of ether oxygens (including phenoxy) is 4. The van der Waals surface area contributed by atoms with Crippen LogP contribution in [-0.4, -0.2) is 87.4 Å². The first-order valence-corrected chi connectivity index (χ1v) is 23.5. The third-order valence-electron chi connectivity index (χ3n) is 14.9. The first-order chi connectivity index (χ1) is 24.0. The number of hydrogen-bond donors (Lipinski definition) is 0. The van der Waals surface area contributed by atoms with E-state index in [0.717, 1.165) is 51.4 Å². The molecule has 4 bridgehead atoms. The Labute approximate surface area is 304 Å². The van der Waals surface area contributed by atoms with Gasteiger partial charge >= 0.3 is 0 Å². The second kappa shape index (κ2) is 13.1. The standard InChI is InChI=1S/C37H60O12S2/c1-22-8-10-28-24(3)30(42-32-36(28)26(22)12-16-34(5,44-32)46-48-36)14-20-50(38,39)18-7-19-51(40,41)21-15-31-25(4)29-11-9-23(2)27-13-17-35(6)45-33(43-31)37(27,29)49-47-35/h22-33H,7-21H2,1-6H3/t22-,23-,24-,25-,26+,27+,28+,29+,30-,31+,32-,33-,34-,35-,36-,37-/m1/s1. The third-order valence-corrected chi connectivity index (χ3v) is 18.5. The summed E-state index contributed by atoms with van der Waals surface area (Å²) >= 11 is 0. The molecule has 14 heteroatoms. The van der Waals surface area contributed by atoms with Crippen molar-refractivity contribution in [3.63, 3.8) is 0 Å². The van der Waals surface area contributed by atoms with Crippen molar-refractivity contribution < 1.29 is 55.3 Å². The van der Waals surface area contributed by atoms with Crippen molar-refractivity contribution in [2.45, 2.75) is 160 Å². The van der Waals surface area contributed by atoms with E-state index in [9.17, 15) is 16.8 Å². The van der Waals surface area contributed by atoms with Crippen molar-refractivity contribution in [2.75, 3.05) is 23.0 Å². The fourth-order valence-corrected chi connectivity index (χ4v) is 14.9. The van der Waals surface area contributed by atoms with E-state index in [0.29, 0.717) is 24.7 Å². The minimum Gasteiger partial charge on any atom is -0.346 e. The van der Waals surface area contributed by atoms with Crippen LogP contribution in [-0.2, 0) is 58.2 Å². The predicted molar refractivity (Wildman–Crippen MR) is 185 cm³/mol. The molecular formula is C37H60O12S2. The molecule has 2 spiro atoms. The predicted octanol–water partition coefficient (Wildman–Crippen LogP) is 5.49. The van der Waals surface area contributed by atoms with Gasteiger partial charge in [0.05, 0.1) is 35.2 Å². The molecule has 10 rings (SSSR count). The lowest BCUT2D eigenvalue weighted by Gasteiger charge is -2.60. The molecule has 16 atom stereocenters. The number of hydrogen-bond acceptors (Lipinski definition) is 12. The van der Waals surface area contributed by atoms with E-state index in [1.165, 1.54) is 0 Å². The second-order valence-electron chi connectivity index (χ2n) is 18.1. The van der Waals surface area contributed by atoms with Crippen molar-refractivity contribution in [3.05, 3.63) is 0 Å². The maximum atomic E-state index is 13.3. The van der Waals surface area contributed by atoms with E-state index in [1.54, 1.807) is 0 Å². The summed E-state index contributed by atoms with van der Waals surface area (Å²) in [6.45, 7) is 12.6. The average molecular weight is 761 g/mol. The minimum absolute atomic E-state index is 0.0594. The van der Waals surface area contributed by atoms with Crippen LogP contribution in [0.5, 0.6) is 0 Å². The summed E-state index contributed by atoms with van der Waals surface area (Å²) < 4.78 is 79.1. The molecule has 51 heavy (non-hydrogen) atoms. The summed E-state index contributed by atoms with van der Waals surface area (Å²) in [5.74, 6) is -0.460. The highest BCUT2D eigenvalue weighted by Crippen LogP contribution is 2.62. The van der Waals surface area contributed by atoms with Crippen LogP contribution in [0.15, 0.2) is 0 Å². The zero-order valence-corrected chi connectivity index (χ0v) is 32.9. The van der Waals surface area contributed by atoms with Crippen molar-refractivity contribution in [2.24, 2.45) is 47.3 Å². The molecule has 8 saturated heterocycles. The average Bonchev–Trinajstić information content (AvgIpc) is 3.44.